The predicted octanol–water partition coefficient (Wildman–Crippen LogP) is 4.26. The van der Waals surface area contributed by atoms with Crippen LogP contribution >= 0.6 is 0 Å². The van der Waals surface area contributed by atoms with Crippen molar-refractivity contribution in [2.45, 2.75) is 27.0 Å². The third-order valence-corrected chi connectivity index (χ3v) is 6.25. The van der Waals surface area contributed by atoms with Crippen LogP contribution in [0.3, 0.4) is 0 Å². The van der Waals surface area contributed by atoms with Gasteiger partial charge >= 0.3 is 0 Å². The van der Waals surface area contributed by atoms with Gasteiger partial charge in [0.2, 0.25) is 5.91 Å². The maximum absolute atomic E-state index is 11.0. The zero-order valence-corrected chi connectivity index (χ0v) is 21.8. The number of fused-ring (bicyclic) bond motifs is 1. The number of hydrogen-bond donors (Lipinski definition) is 2. The van der Waals surface area contributed by atoms with Gasteiger partial charge in [-0.3, -0.25) is 4.79 Å². The van der Waals surface area contributed by atoms with Gasteiger partial charge in [-0.1, -0.05) is 24.3 Å². The van der Waals surface area contributed by atoms with Crippen molar-refractivity contribution in [3.05, 3.63) is 65.2 Å². The quantitative estimate of drug-likeness (QED) is 0.376. The standard InChI is InChI=1S/C29H34N2O6/c1-19-22(6-5-7-24(19)21-8-9-26-29(14-21)36-13-12-35-26)18-37-23-15-27(33-3)25(28(16-23)34-4)17-30-10-11-31-20(2)32/h5-9,14-16,30H,10-13,17-18H2,1-4H3,(H,31,32). The fourth-order valence-corrected chi connectivity index (χ4v) is 4.28. The summed E-state index contributed by atoms with van der Waals surface area (Å²) >= 11 is 0. The fourth-order valence-electron chi connectivity index (χ4n) is 4.28. The van der Waals surface area contributed by atoms with E-state index in [9.17, 15) is 4.79 Å². The van der Waals surface area contributed by atoms with Gasteiger partial charge in [-0.2, -0.15) is 0 Å². The molecule has 0 saturated carbocycles. The molecule has 196 valence electrons. The lowest BCUT2D eigenvalue weighted by molar-refractivity contribution is -0.118. The smallest absolute Gasteiger partial charge is 0.216 e. The zero-order chi connectivity index (χ0) is 26.2. The first kappa shape index (κ1) is 26.2. The van der Waals surface area contributed by atoms with Gasteiger partial charge in [0.15, 0.2) is 11.5 Å². The predicted molar refractivity (Wildman–Crippen MR) is 142 cm³/mol. The summed E-state index contributed by atoms with van der Waals surface area (Å²) in [6.07, 6.45) is 0. The Hall–Kier alpha value is -3.91. The van der Waals surface area contributed by atoms with Crippen LogP contribution in [0, 0.1) is 6.92 Å². The second-order valence-corrected chi connectivity index (χ2v) is 8.70. The minimum absolute atomic E-state index is 0.0504. The molecule has 1 heterocycles. The molecule has 1 amide bonds. The molecule has 0 unspecified atom stereocenters. The first-order chi connectivity index (χ1) is 18.0. The van der Waals surface area contributed by atoms with Gasteiger partial charge in [0.1, 0.15) is 37.1 Å². The highest BCUT2D eigenvalue weighted by Gasteiger charge is 2.16. The fraction of sp³-hybridized carbons (Fsp3) is 0.345. The minimum Gasteiger partial charge on any atom is -0.496 e. The Balaban J connectivity index is 1.47. The number of rotatable bonds is 11. The molecule has 8 nitrogen and oxygen atoms in total. The average molecular weight is 507 g/mol. The molecule has 8 heteroatoms. The molecule has 3 aromatic rings. The first-order valence-corrected chi connectivity index (χ1v) is 12.3. The van der Waals surface area contributed by atoms with Crippen LogP contribution in [0.2, 0.25) is 0 Å². The van der Waals surface area contributed by atoms with E-state index < -0.39 is 0 Å². The summed E-state index contributed by atoms with van der Waals surface area (Å²) in [5, 5.41) is 6.07. The van der Waals surface area contributed by atoms with Crippen LogP contribution in [0.15, 0.2) is 48.5 Å². The summed E-state index contributed by atoms with van der Waals surface area (Å²) in [4.78, 5) is 11.0. The molecule has 1 aliphatic heterocycles. The molecule has 4 rings (SSSR count). The number of methoxy groups -OCH3 is 2. The Morgan fingerprint density at radius 2 is 1.68 bits per heavy atom. The summed E-state index contributed by atoms with van der Waals surface area (Å²) in [5.74, 6) is 3.49. The highest BCUT2D eigenvalue weighted by molar-refractivity contribution is 5.73. The van der Waals surface area contributed by atoms with E-state index in [0.29, 0.717) is 56.7 Å². The van der Waals surface area contributed by atoms with E-state index in [1.807, 2.05) is 30.3 Å². The van der Waals surface area contributed by atoms with Crippen molar-refractivity contribution in [2.75, 3.05) is 40.5 Å². The summed E-state index contributed by atoms with van der Waals surface area (Å²) in [6.45, 7) is 6.83. The molecular formula is C29H34N2O6. The highest BCUT2D eigenvalue weighted by Crippen LogP contribution is 2.37. The molecule has 3 aromatic carbocycles. The van der Waals surface area contributed by atoms with Crippen molar-refractivity contribution in [3.63, 3.8) is 0 Å². The van der Waals surface area contributed by atoms with Crippen LogP contribution in [0.5, 0.6) is 28.7 Å². The van der Waals surface area contributed by atoms with Crippen molar-refractivity contribution >= 4 is 5.91 Å². The molecule has 37 heavy (non-hydrogen) atoms. The number of carbonyl (C=O) groups is 1. The number of nitrogens with one attached hydrogen (secondary N) is 2. The van der Waals surface area contributed by atoms with Gasteiger partial charge in [-0.05, 0) is 41.3 Å². The van der Waals surface area contributed by atoms with E-state index in [2.05, 4.69) is 35.8 Å². The Kier molecular flexibility index (Phi) is 8.74. The molecule has 0 radical (unpaired) electrons. The summed E-state index contributed by atoms with van der Waals surface area (Å²) in [5.41, 5.74) is 5.29. The van der Waals surface area contributed by atoms with Gasteiger partial charge < -0.3 is 34.3 Å². The average Bonchev–Trinajstić information content (AvgIpc) is 2.91. The second-order valence-electron chi connectivity index (χ2n) is 8.70. The molecule has 1 aliphatic rings. The van der Waals surface area contributed by atoms with Crippen molar-refractivity contribution in [1.82, 2.24) is 10.6 Å². The lowest BCUT2D eigenvalue weighted by Crippen LogP contribution is -2.30. The lowest BCUT2D eigenvalue weighted by Gasteiger charge is -2.20. The molecular weight excluding hydrogens is 472 g/mol. The maximum atomic E-state index is 11.0. The van der Waals surface area contributed by atoms with Crippen molar-refractivity contribution in [3.8, 4) is 39.9 Å². The minimum atomic E-state index is -0.0504. The van der Waals surface area contributed by atoms with Gasteiger partial charge in [0.25, 0.3) is 0 Å². The van der Waals surface area contributed by atoms with Gasteiger partial charge in [-0.15, -0.1) is 0 Å². The molecule has 0 aromatic heterocycles. The maximum Gasteiger partial charge on any atom is 0.216 e. The van der Waals surface area contributed by atoms with Crippen molar-refractivity contribution < 1.29 is 28.5 Å². The first-order valence-electron chi connectivity index (χ1n) is 12.3. The summed E-state index contributed by atoms with van der Waals surface area (Å²) < 4.78 is 28.9. The van der Waals surface area contributed by atoms with E-state index in [0.717, 1.165) is 39.3 Å². The molecule has 0 fully saturated rings. The van der Waals surface area contributed by atoms with Crippen LogP contribution in [0.25, 0.3) is 11.1 Å². The van der Waals surface area contributed by atoms with Crippen LogP contribution in [-0.2, 0) is 17.9 Å². The number of hydrogen-bond acceptors (Lipinski definition) is 7. The number of carbonyl (C=O) groups excluding carboxylic acids is 1. The second kappa shape index (κ2) is 12.4. The van der Waals surface area contributed by atoms with Gasteiger partial charge in [0.05, 0.1) is 19.8 Å². The SMILES string of the molecule is COc1cc(OCc2cccc(-c3ccc4c(c3)OCCO4)c2C)cc(OC)c1CNCCNC(C)=O. The third kappa shape index (κ3) is 6.46. The van der Waals surface area contributed by atoms with E-state index in [1.54, 1.807) is 14.2 Å². The molecule has 0 saturated heterocycles. The monoisotopic (exact) mass is 506 g/mol. The topological polar surface area (TPSA) is 87.3 Å². The van der Waals surface area contributed by atoms with E-state index >= 15 is 0 Å². The van der Waals surface area contributed by atoms with Crippen LogP contribution in [0.4, 0.5) is 0 Å². The Morgan fingerprint density at radius 1 is 0.946 bits per heavy atom. The molecule has 0 spiro atoms. The van der Waals surface area contributed by atoms with E-state index in [-0.39, 0.29) is 5.91 Å². The number of amides is 1. The molecule has 2 N–H and O–H groups in total. The molecule has 0 aliphatic carbocycles. The lowest BCUT2D eigenvalue weighted by atomic mass is 9.96. The van der Waals surface area contributed by atoms with Crippen LogP contribution < -0.4 is 34.3 Å². The number of ether oxygens (including phenoxy) is 5. The van der Waals surface area contributed by atoms with Crippen LogP contribution in [0.1, 0.15) is 23.6 Å². The number of benzene rings is 3. The van der Waals surface area contributed by atoms with Crippen LogP contribution in [-0.4, -0.2) is 46.4 Å². The highest BCUT2D eigenvalue weighted by atomic mass is 16.6. The van der Waals surface area contributed by atoms with Crippen molar-refractivity contribution in [2.24, 2.45) is 0 Å². The third-order valence-electron chi connectivity index (χ3n) is 6.25. The Morgan fingerprint density at radius 3 is 2.38 bits per heavy atom. The normalized spacial score (nSPS) is 12.1. The zero-order valence-electron chi connectivity index (χ0n) is 21.8. The Bertz CT molecular complexity index is 1220. The van der Waals surface area contributed by atoms with E-state index in [1.165, 1.54) is 6.92 Å². The van der Waals surface area contributed by atoms with Crippen molar-refractivity contribution in [1.29, 1.82) is 0 Å². The van der Waals surface area contributed by atoms with E-state index in [4.69, 9.17) is 23.7 Å². The van der Waals surface area contributed by atoms with Gasteiger partial charge in [0, 0.05) is 38.7 Å². The molecule has 0 atom stereocenters. The largest absolute Gasteiger partial charge is 0.496 e. The summed E-state index contributed by atoms with van der Waals surface area (Å²) in [7, 11) is 3.25. The molecule has 0 bridgehead atoms. The van der Waals surface area contributed by atoms with Gasteiger partial charge in [-0.25, -0.2) is 0 Å². The Labute approximate surface area is 217 Å². The summed E-state index contributed by atoms with van der Waals surface area (Å²) in [6, 6.07) is 16.0.